The summed E-state index contributed by atoms with van der Waals surface area (Å²) >= 11 is 12.3. The Hall–Kier alpha value is -4.00. The zero-order valence-corrected chi connectivity index (χ0v) is 29.9. The molecule has 2 aliphatic heterocycles. The van der Waals surface area contributed by atoms with Crippen LogP contribution in [0.2, 0.25) is 10.0 Å². The SMILES string of the molecule is CC(C)(C)OC(=O)N1CCC(CNC(=O)C2CCCN2C(=O)c2ccc(S(=O)(=O)N(Oc3ccc(Cl)cc3Cl)c3ccccc3)cc2)CC1. The van der Waals surface area contributed by atoms with E-state index >= 15 is 0 Å². The number of amides is 3. The highest BCUT2D eigenvalue weighted by Gasteiger charge is 2.36. The van der Waals surface area contributed by atoms with Crippen LogP contribution < -0.4 is 14.6 Å². The number of hydrogen-bond acceptors (Lipinski definition) is 7. The summed E-state index contributed by atoms with van der Waals surface area (Å²) in [5.41, 5.74) is -0.0762. The number of sulfonamides is 1. The van der Waals surface area contributed by atoms with Crippen LogP contribution in [0.3, 0.4) is 0 Å². The number of nitrogens with zero attached hydrogens (tertiary/aromatic N) is 3. The maximum atomic E-state index is 13.9. The number of anilines is 1. The molecule has 2 aliphatic rings. The van der Waals surface area contributed by atoms with Crippen molar-refractivity contribution >= 4 is 56.8 Å². The molecule has 2 saturated heterocycles. The predicted molar refractivity (Wildman–Crippen MR) is 187 cm³/mol. The molecule has 2 fully saturated rings. The molecule has 3 aromatic rings. The molecular formula is C35H40Cl2N4O7S. The first-order valence-corrected chi connectivity index (χ1v) is 18.3. The number of rotatable bonds is 9. The van der Waals surface area contributed by atoms with Gasteiger partial charge >= 0.3 is 6.09 Å². The molecule has 0 aromatic heterocycles. The van der Waals surface area contributed by atoms with Gasteiger partial charge in [-0.2, -0.15) is 8.42 Å². The lowest BCUT2D eigenvalue weighted by Gasteiger charge is -2.33. The quantitative estimate of drug-likeness (QED) is 0.248. The Labute approximate surface area is 297 Å². The van der Waals surface area contributed by atoms with E-state index in [1.807, 2.05) is 20.8 Å². The second-order valence-corrected chi connectivity index (χ2v) is 15.7. The number of nitrogens with one attached hydrogen (secondary N) is 1. The van der Waals surface area contributed by atoms with Crippen molar-refractivity contribution in [2.45, 2.75) is 63.0 Å². The number of benzene rings is 3. The zero-order valence-electron chi connectivity index (χ0n) is 27.6. The van der Waals surface area contributed by atoms with Gasteiger partial charge in [-0.05, 0) is 107 Å². The molecule has 0 radical (unpaired) electrons. The Balaban J connectivity index is 1.22. The number of hydrogen-bond donors (Lipinski definition) is 1. The Kier molecular flexibility index (Phi) is 11.3. The zero-order chi connectivity index (χ0) is 35.3. The molecule has 1 unspecified atom stereocenters. The van der Waals surface area contributed by atoms with Crippen molar-refractivity contribution in [2.75, 3.05) is 30.6 Å². The molecule has 3 aromatic carbocycles. The van der Waals surface area contributed by atoms with E-state index in [0.29, 0.717) is 44.0 Å². The minimum absolute atomic E-state index is 0.0786. The van der Waals surface area contributed by atoms with Crippen molar-refractivity contribution in [2.24, 2.45) is 5.92 Å². The molecule has 262 valence electrons. The Bertz CT molecular complexity index is 1760. The van der Waals surface area contributed by atoms with Crippen molar-refractivity contribution in [1.29, 1.82) is 0 Å². The average molecular weight is 732 g/mol. The number of ether oxygens (including phenoxy) is 1. The van der Waals surface area contributed by atoms with Gasteiger partial charge < -0.3 is 24.7 Å². The summed E-state index contributed by atoms with van der Waals surface area (Å²) in [6.07, 6.45) is 2.34. The van der Waals surface area contributed by atoms with Crippen LogP contribution >= 0.6 is 23.2 Å². The van der Waals surface area contributed by atoms with Crippen molar-refractivity contribution in [3.05, 3.63) is 88.4 Å². The van der Waals surface area contributed by atoms with Crippen molar-refractivity contribution in [3.63, 3.8) is 0 Å². The number of halogens is 2. The Morgan fingerprint density at radius 3 is 2.22 bits per heavy atom. The van der Waals surface area contributed by atoms with Crippen LogP contribution in [0.1, 0.15) is 56.8 Å². The van der Waals surface area contributed by atoms with Crippen molar-refractivity contribution in [3.8, 4) is 5.75 Å². The molecule has 2 heterocycles. The van der Waals surface area contributed by atoms with Crippen LogP contribution in [-0.2, 0) is 19.6 Å². The number of likely N-dealkylation sites (tertiary alicyclic amines) is 2. The monoisotopic (exact) mass is 730 g/mol. The van der Waals surface area contributed by atoms with Gasteiger partial charge in [-0.15, -0.1) is 0 Å². The molecule has 0 spiro atoms. The first-order chi connectivity index (χ1) is 23.2. The fraction of sp³-hybridized carbons (Fsp3) is 0.400. The second-order valence-electron chi connectivity index (χ2n) is 13.1. The largest absolute Gasteiger partial charge is 0.444 e. The van der Waals surface area contributed by atoms with E-state index in [-0.39, 0.29) is 50.7 Å². The standard InChI is InChI=1S/C35H40Cl2N4O7S/c1-35(2,3)47-34(44)39-20-17-24(18-21-39)23-38-32(42)30-10-7-19-40(30)33(43)25-11-14-28(15-12-25)49(45,46)41(27-8-5-4-6-9-27)48-31-16-13-26(36)22-29(31)37/h4-6,8-9,11-16,22,24,30H,7,10,17-21,23H2,1-3H3,(H,38,42). The van der Waals surface area contributed by atoms with Crippen molar-refractivity contribution in [1.82, 2.24) is 15.1 Å². The molecule has 0 aliphatic carbocycles. The highest BCUT2D eigenvalue weighted by molar-refractivity contribution is 7.92. The topological polar surface area (TPSA) is 126 Å². The summed E-state index contributed by atoms with van der Waals surface area (Å²) in [4.78, 5) is 48.1. The number of carbonyl (C=O) groups excluding carboxylic acids is 3. The highest BCUT2D eigenvalue weighted by Crippen LogP contribution is 2.32. The number of carbonyl (C=O) groups is 3. The maximum absolute atomic E-state index is 13.9. The van der Waals surface area contributed by atoms with Gasteiger partial charge in [0.15, 0.2) is 5.75 Å². The third kappa shape index (κ3) is 8.97. The van der Waals surface area contributed by atoms with Gasteiger partial charge in [0, 0.05) is 36.8 Å². The minimum atomic E-state index is -4.30. The molecule has 3 amide bonds. The minimum Gasteiger partial charge on any atom is -0.444 e. The summed E-state index contributed by atoms with van der Waals surface area (Å²) in [6.45, 7) is 7.47. The normalized spacial score (nSPS) is 17.0. The van der Waals surface area contributed by atoms with Crippen LogP contribution in [0, 0.1) is 5.92 Å². The van der Waals surface area contributed by atoms with E-state index < -0.39 is 21.7 Å². The molecule has 1 N–H and O–H groups in total. The lowest BCUT2D eigenvalue weighted by molar-refractivity contribution is -0.125. The van der Waals surface area contributed by atoms with E-state index in [1.54, 1.807) is 35.2 Å². The van der Waals surface area contributed by atoms with Gasteiger partial charge in [0.2, 0.25) is 5.91 Å². The molecule has 14 heteroatoms. The molecule has 5 rings (SSSR count). The van der Waals surface area contributed by atoms with E-state index in [9.17, 15) is 22.8 Å². The Morgan fingerprint density at radius 1 is 0.918 bits per heavy atom. The van der Waals surface area contributed by atoms with E-state index in [2.05, 4.69) is 5.32 Å². The van der Waals surface area contributed by atoms with Crippen LogP contribution in [0.15, 0.2) is 77.7 Å². The molecule has 11 nitrogen and oxygen atoms in total. The number of piperidine rings is 1. The van der Waals surface area contributed by atoms with Crippen LogP contribution in [-0.4, -0.2) is 73.9 Å². The lowest BCUT2D eigenvalue weighted by atomic mass is 9.97. The molecule has 0 bridgehead atoms. The first kappa shape index (κ1) is 36.3. The van der Waals surface area contributed by atoms with Crippen LogP contribution in [0.5, 0.6) is 5.75 Å². The smallest absolute Gasteiger partial charge is 0.410 e. The van der Waals surface area contributed by atoms with Gasteiger partial charge in [0.25, 0.3) is 15.9 Å². The summed E-state index contributed by atoms with van der Waals surface area (Å²) in [7, 11) is -4.30. The third-order valence-corrected chi connectivity index (χ3v) is 10.4. The first-order valence-electron chi connectivity index (χ1n) is 16.1. The summed E-state index contributed by atoms with van der Waals surface area (Å²) in [5, 5.41) is 3.50. The molecule has 49 heavy (non-hydrogen) atoms. The maximum Gasteiger partial charge on any atom is 0.410 e. The summed E-state index contributed by atoms with van der Waals surface area (Å²) in [5.74, 6) is -0.305. The fourth-order valence-electron chi connectivity index (χ4n) is 5.75. The summed E-state index contributed by atoms with van der Waals surface area (Å²) in [6, 6.07) is 17.6. The fourth-order valence-corrected chi connectivity index (χ4v) is 7.44. The number of para-hydroxylation sites is 1. The van der Waals surface area contributed by atoms with Gasteiger partial charge in [0.05, 0.1) is 15.6 Å². The third-order valence-electron chi connectivity index (χ3n) is 8.31. The van der Waals surface area contributed by atoms with Gasteiger partial charge in [0.1, 0.15) is 11.6 Å². The van der Waals surface area contributed by atoms with E-state index in [0.717, 1.165) is 17.3 Å². The molecular weight excluding hydrogens is 691 g/mol. The molecule has 0 saturated carbocycles. The van der Waals surface area contributed by atoms with Crippen molar-refractivity contribution < 1.29 is 32.4 Å². The van der Waals surface area contributed by atoms with Gasteiger partial charge in [-0.25, -0.2) is 4.79 Å². The average Bonchev–Trinajstić information content (AvgIpc) is 3.57. The van der Waals surface area contributed by atoms with E-state index in [1.165, 1.54) is 47.4 Å². The Morgan fingerprint density at radius 2 is 1.59 bits per heavy atom. The highest BCUT2D eigenvalue weighted by atomic mass is 35.5. The predicted octanol–water partition coefficient (Wildman–Crippen LogP) is 6.55. The summed E-state index contributed by atoms with van der Waals surface area (Å²) < 4.78 is 34.0. The van der Waals surface area contributed by atoms with Crippen LogP contribution in [0.25, 0.3) is 0 Å². The van der Waals surface area contributed by atoms with E-state index in [4.69, 9.17) is 32.8 Å². The second kappa shape index (κ2) is 15.3. The van der Waals surface area contributed by atoms with Crippen LogP contribution in [0.4, 0.5) is 10.5 Å². The van der Waals surface area contributed by atoms with Gasteiger partial charge in [-0.3, -0.25) is 9.59 Å². The van der Waals surface area contributed by atoms with Gasteiger partial charge in [-0.1, -0.05) is 45.9 Å². The lowest BCUT2D eigenvalue weighted by Crippen LogP contribution is -2.48. The molecule has 1 atom stereocenters.